The molecule has 2 amide bonds. The van der Waals surface area contributed by atoms with Crippen molar-refractivity contribution in [2.24, 2.45) is 0 Å². The van der Waals surface area contributed by atoms with Crippen molar-refractivity contribution >= 4 is 23.4 Å². The van der Waals surface area contributed by atoms with Gasteiger partial charge in [-0.1, -0.05) is 60.1 Å². The van der Waals surface area contributed by atoms with Crippen molar-refractivity contribution in [3.8, 4) is 0 Å². The molecule has 0 fully saturated rings. The lowest BCUT2D eigenvalue weighted by molar-refractivity contribution is -0.139. The second-order valence-corrected chi connectivity index (χ2v) is 5.17. The molecule has 0 bridgehead atoms. The molecule has 0 unspecified atom stereocenters. The van der Waals surface area contributed by atoms with Gasteiger partial charge in [0.1, 0.15) is 0 Å². The summed E-state index contributed by atoms with van der Waals surface area (Å²) in [5.41, 5.74) is 1.88. The Morgan fingerprint density at radius 2 is 1.50 bits per heavy atom. The highest BCUT2D eigenvalue weighted by molar-refractivity contribution is 6.35. The van der Waals surface area contributed by atoms with Gasteiger partial charge in [-0.05, 0) is 23.6 Å². The number of benzene rings is 2. The molecule has 0 aliphatic rings. The molecule has 0 saturated carbocycles. The van der Waals surface area contributed by atoms with Crippen molar-refractivity contribution in [1.29, 1.82) is 0 Å². The number of nitrogens with one attached hydrogen (secondary N) is 2. The Morgan fingerprint density at radius 1 is 0.864 bits per heavy atom. The van der Waals surface area contributed by atoms with Crippen LogP contribution in [0, 0.1) is 0 Å². The predicted molar refractivity (Wildman–Crippen MR) is 86.5 cm³/mol. The Hall–Kier alpha value is -2.33. The van der Waals surface area contributed by atoms with Gasteiger partial charge in [0.2, 0.25) is 0 Å². The van der Waals surface area contributed by atoms with E-state index in [1.807, 2.05) is 48.5 Å². The minimum absolute atomic E-state index is 0.331. The van der Waals surface area contributed by atoms with Crippen molar-refractivity contribution in [2.75, 3.05) is 6.54 Å². The lowest BCUT2D eigenvalue weighted by Gasteiger charge is -2.07. The molecule has 5 heteroatoms. The molecule has 0 atom stereocenters. The number of halogens is 1. The van der Waals surface area contributed by atoms with Crippen LogP contribution in [0.4, 0.5) is 0 Å². The predicted octanol–water partition coefficient (Wildman–Crippen LogP) is 2.32. The second-order valence-electron chi connectivity index (χ2n) is 4.77. The highest BCUT2D eigenvalue weighted by atomic mass is 35.5. The number of amides is 2. The molecule has 0 saturated heterocycles. The quantitative estimate of drug-likeness (QED) is 0.832. The first-order chi connectivity index (χ1) is 10.7. The molecule has 114 valence electrons. The molecular weight excluding hydrogens is 300 g/mol. The summed E-state index contributed by atoms with van der Waals surface area (Å²) in [5, 5.41) is 5.82. The number of rotatable bonds is 5. The highest BCUT2D eigenvalue weighted by Crippen LogP contribution is 2.14. The highest BCUT2D eigenvalue weighted by Gasteiger charge is 2.12. The summed E-state index contributed by atoms with van der Waals surface area (Å²) < 4.78 is 0. The summed E-state index contributed by atoms with van der Waals surface area (Å²) in [6.45, 7) is 0.693. The maximum atomic E-state index is 11.7. The van der Waals surface area contributed by atoms with E-state index in [9.17, 15) is 9.59 Å². The maximum absolute atomic E-state index is 11.7. The topological polar surface area (TPSA) is 58.2 Å². The van der Waals surface area contributed by atoms with E-state index in [1.54, 1.807) is 6.07 Å². The first kappa shape index (κ1) is 16.0. The third-order valence-corrected chi connectivity index (χ3v) is 3.51. The van der Waals surface area contributed by atoms with Gasteiger partial charge in [-0.2, -0.15) is 0 Å². The van der Waals surface area contributed by atoms with Crippen LogP contribution in [0.25, 0.3) is 0 Å². The Balaban J connectivity index is 1.73. The molecule has 2 N–H and O–H groups in total. The maximum Gasteiger partial charge on any atom is 0.309 e. The van der Waals surface area contributed by atoms with Crippen LogP contribution < -0.4 is 10.6 Å². The smallest absolute Gasteiger partial charge is 0.309 e. The fraction of sp³-hybridized carbons (Fsp3) is 0.176. The van der Waals surface area contributed by atoms with Gasteiger partial charge in [-0.15, -0.1) is 0 Å². The molecule has 0 spiro atoms. The molecule has 22 heavy (non-hydrogen) atoms. The van der Waals surface area contributed by atoms with Gasteiger partial charge in [0, 0.05) is 18.1 Å². The van der Waals surface area contributed by atoms with Gasteiger partial charge in [0.05, 0.1) is 0 Å². The third-order valence-electron chi connectivity index (χ3n) is 3.14. The number of hydrogen-bond donors (Lipinski definition) is 2. The van der Waals surface area contributed by atoms with Crippen LogP contribution in [-0.4, -0.2) is 18.4 Å². The largest absolute Gasteiger partial charge is 0.348 e. The fourth-order valence-corrected chi connectivity index (χ4v) is 2.18. The summed E-state index contributed by atoms with van der Waals surface area (Å²) in [5.74, 6) is -1.27. The Bertz CT molecular complexity index is 644. The second kappa shape index (κ2) is 8.20. The van der Waals surface area contributed by atoms with Gasteiger partial charge >= 0.3 is 11.8 Å². The molecular formula is C17H17ClN2O2. The Morgan fingerprint density at radius 3 is 2.23 bits per heavy atom. The lowest BCUT2D eigenvalue weighted by Crippen LogP contribution is -2.40. The van der Waals surface area contributed by atoms with E-state index in [0.717, 1.165) is 11.1 Å². The molecule has 0 aromatic heterocycles. The van der Waals surface area contributed by atoms with E-state index in [4.69, 9.17) is 11.6 Å². The van der Waals surface area contributed by atoms with Crippen molar-refractivity contribution in [2.45, 2.75) is 13.0 Å². The van der Waals surface area contributed by atoms with Crippen molar-refractivity contribution in [3.63, 3.8) is 0 Å². The summed E-state index contributed by atoms with van der Waals surface area (Å²) in [4.78, 5) is 23.4. The first-order valence-electron chi connectivity index (χ1n) is 7.00. The minimum Gasteiger partial charge on any atom is -0.348 e. The Kier molecular flexibility index (Phi) is 5.98. The zero-order valence-corrected chi connectivity index (χ0v) is 12.8. The first-order valence-corrected chi connectivity index (χ1v) is 7.38. The summed E-state index contributed by atoms with van der Waals surface area (Å²) >= 11 is 6.03. The molecule has 0 heterocycles. The SMILES string of the molecule is O=C(NCCc1ccccc1Cl)C(=O)NCc1ccccc1. The lowest BCUT2D eigenvalue weighted by atomic mass is 10.1. The number of hydrogen-bond acceptors (Lipinski definition) is 2. The van der Waals surface area contributed by atoms with Gasteiger partial charge in [0.15, 0.2) is 0 Å². The molecule has 2 aromatic rings. The average Bonchev–Trinajstić information content (AvgIpc) is 2.55. The molecule has 2 aromatic carbocycles. The van der Waals surface area contributed by atoms with Crippen LogP contribution in [0.15, 0.2) is 54.6 Å². The Labute approximate surface area is 134 Å². The average molecular weight is 317 g/mol. The van der Waals surface area contributed by atoms with Crippen molar-refractivity contribution < 1.29 is 9.59 Å². The van der Waals surface area contributed by atoms with Gasteiger partial charge in [-0.3, -0.25) is 9.59 Å². The third kappa shape index (κ3) is 4.90. The summed E-state index contributed by atoms with van der Waals surface area (Å²) in [6, 6.07) is 16.8. The normalized spacial score (nSPS) is 10.0. The van der Waals surface area contributed by atoms with E-state index in [-0.39, 0.29) is 0 Å². The standard InChI is InChI=1S/C17H17ClN2O2/c18-15-9-5-4-8-14(15)10-11-19-16(21)17(22)20-12-13-6-2-1-3-7-13/h1-9H,10-12H2,(H,19,21)(H,20,22). The summed E-state index contributed by atoms with van der Waals surface area (Å²) in [7, 11) is 0. The van der Waals surface area contributed by atoms with Crippen LogP contribution in [0.2, 0.25) is 5.02 Å². The van der Waals surface area contributed by atoms with E-state index in [1.165, 1.54) is 0 Å². The van der Waals surface area contributed by atoms with Crippen molar-refractivity contribution in [3.05, 3.63) is 70.7 Å². The van der Waals surface area contributed by atoms with Crippen LogP contribution in [-0.2, 0) is 22.6 Å². The van der Waals surface area contributed by atoms with Gasteiger partial charge in [0.25, 0.3) is 0 Å². The van der Waals surface area contributed by atoms with Crippen molar-refractivity contribution in [1.82, 2.24) is 10.6 Å². The van der Waals surface area contributed by atoms with Gasteiger partial charge < -0.3 is 10.6 Å². The van der Waals surface area contributed by atoms with Crippen LogP contribution in [0.1, 0.15) is 11.1 Å². The minimum atomic E-state index is -0.636. The van der Waals surface area contributed by atoms with E-state index in [2.05, 4.69) is 10.6 Å². The molecule has 0 radical (unpaired) electrons. The fourth-order valence-electron chi connectivity index (χ4n) is 1.95. The van der Waals surface area contributed by atoms with E-state index in [0.29, 0.717) is 24.5 Å². The molecule has 0 aliphatic heterocycles. The zero-order valence-electron chi connectivity index (χ0n) is 12.0. The van der Waals surface area contributed by atoms with Crippen LogP contribution in [0.3, 0.4) is 0 Å². The number of carbonyl (C=O) groups is 2. The molecule has 4 nitrogen and oxygen atoms in total. The molecule has 2 rings (SSSR count). The zero-order chi connectivity index (χ0) is 15.8. The van der Waals surface area contributed by atoms with Crippen LogP contribution >= 0.6 is 11.6 Å². The van der Waals surface area contributed by atoms with E-state index < -0.39 is 11.8 Å². The summed E-state index contributed by atoms with van der Waals surface area (Å²) in [6.07, 6.45) is 0.581. The monoisotopic (exact) mass is 316 g/mol. The van der Waals surface area contributed by atoms with Crippen LogP contribution in [0.5, 0.6) is 0 Å². The van der Waals surface area contributed by atoms with Gasteiger partial charge in [-0.25, -0.2) is 0 Å². The van der Waals surface area contributed by atoms with E-state index >= 15 is 0 Å². The number of carbonyl (C=O) groups excluding carboxylic acids is 2. The molecule has 0 aliphatic carbocycles.